The van der Waals surface area contributed by atoms with E-state index < -0.39 is 23.1 Å². The normalized spacial score (nSPS) is 19.6. The van der Waals surface area contributed by atoms with Crippen LogP contribution >= 0.6 is 0 Å². The monoisotopic (exact) mass is 238 g/mol. The average molecular weight is 238 g/mol. The molecule has 0 fully saturated rings. The smallest absolute Gasteiger partial charge is 0.300 e. The van der Waals surface area contributed by atoms with Crippen molar-refractivity contribution in [2.75, 3.05) is 13.2 Å². The van der Waals surface area contributed by atoms with Gasteiger partial charge in [-0.2, -0.15) is 0 Å². The number of rotatable bonds is 1. The topological polar surface area (TPSA) is 102 Å². The SMILES string of the molecule is C=C1COCC(O)c2nc(C=O)c(O)c(=O)n21. The van der Waals surface area contributed by atoms with Crippen LogP contribution in [-0.2, 0) is 4.74 Å². The van der Waals surface area contributed by atoms with Gasteiger partial charge in [-0.3, -0.25) is 14.2 Å². The zero-order chi connectivity index (χ0) is 12.6. The fourth-order valence-electron chi connectivity index (χ4n) is 1.58. The molecule has 1 aromatic rings. The molecule has 1 unspecified atom stereocenters. The zero-order valence-corrected chi connectivity index (χ0v) is 8.79. The highest BCUT2D eigenvalue weighted by atomic mass is 16.5. The van der Waals surface area contributed by atoms with Crippen LogP contribution in [0.25, 0.3) is 5.70 Å². The molecule has 2 rings (SSSR count). The largest absolute Gasteiger partial charge is 0.501 e. The fourth-order valence-corrected chi connectivity index (χ4v) is 1.58. The van der Waals surface area contributed by atoms with Crippen LogP contribution < -0.4 is 5.56 Å². The molecule has 2 heterocycles. The van der Waals surface area contributed by atoms with Gasteiger partial charge in [-0.1, -0.05) is 6.58 Å². The van der Waals surface area contributed by atoms with Crippen molar-refractivity contribution >= 4 is 12.0 Å². The summed E-state index contributed by atoms with van der Waals surface area (Å²) in [6.45, 7) is 3.57. The highest BCUT2D eigenvalue weighted by molar-refractivity contribution is 5.76. The number of fused-ring (bicyclic) bond motifs is 1. The quantitative estimate of drug-likeness (QED) is 0.627. The molecule has 90 valence electrons. The number of aliphatic hydroxyl groups is 1. The lowest BCUT2D eigenvalue weighted by Gasteiger charge is -2.13. The average Bonchev–Trinajstić information content (AvgIpc) is 2.44. The van der Waals surface area contributed by atoms with Gasteiger partial charge in [0.2, 0.25) is 5.75 Å². The molecule has 0 spiro atoms. The fraction of sp³-hybridized carbons (Fsp3) is 0.300. The molecule has 0 aromatic carbocycles. The second-order valence-corrected chi connectivity index (χ2v) is 3.56. The van der Waals surface area contributed by atoms with Gasteiger partial charge in [0.25, 0.3) is 0 Å². The van der Waals surface area contributed by atoms with Crippen molar-refractivity contribution in [1.82, 2.24) is 9.55 Å². The first-order chi connectivity index (χ1) is 8.06. The Labute approximate surface area is 95.6 Å². The minimum atomic E-state index is -1.15. The van der Waals surface area contributed by atoms with E-state index >= 15 is 0 Å². The minimum Gasteiger partial charge on any atom is -0.501 e. The van der Waals surface area contributed by atoms with Gasteiger partial charge in [-0.25, -0.2) is 4.98 Å². The Bertz CT molecular complexity index is 548. The Morgan fingerprint density at radius 1 is 1.59 bits per heavy atom. The first-order valence-corrected chi connectivity index (χ1v) is 4.81. The van der Waals surface area contributed by atoms with Crippen molar-refractivity contribution in [3.8, 4) is 5.75 Å². The number of hydrogen-bond acceptors (Lipinski definition) is 6. The molecule has 1 aliphatic rings. The maximum Gasteiger partial charge on any atom is 0.300 e. The number of aliphatic hydroxyl groups excluding tert-OH is 1. The van der Waals surface area contributed by atoms with Crippen LogP contribution in [0.1, 0.15) is 22.4 Å². The maximum atomic E-state index is 11.8. The number of nitrogens with zero attached hydrogens (tertiary/aromatic N) is 2. The van der Waals surface area contributed by atoms with Crippen LogP contribution in [0.2, 0.25) is 0 Å². The van der Waals surface area contributed by atoms with Crippen LogP contribution in [-0.4, -0.2) is 39.3 Å². The Kier molecular flexibility index (Phi) is 2.78. The van der Waals surface area contributed by atoms with Gasteiger partial charge in [0.05, 0.1) is 13.2 Å². The van der Waals surface area contributed by atoms with Crippen LogP contribution in [0.15, 0.2) is 11.4 Å². The summed E-state index contributed by atoms with van der Waals surface area (Å²) in [6, 6.07) is 0. The van der Waals surface area contributed by atoms with Gasteiger partial charge in [-0.15, -0.1) is 0 Å². The van der Waals surface area contributed by atoms with Gasteiger partial charge < -0.3 is 14.9 Å². The minimum absolute atomic E-state index is 0.0333. The molecule has 0 aliphatic carbocycles. The first-order valence-electron chi connectivity index (χ1n) is 4.81. The summed E-state index contributed by atoms with van der Waals surface area (Å²) in [7, 11) is 0. The number of aromatic nitrogens is 2. The van der Waals surface area contributed by atoms with E-state index in [1.54, 1.807) is 0 Å². The molecular formula is C10H10N2O5. The van der Waals surface area contributed by atoms with E-state index in [-0.39, 0.29) is 31.0 Å². The Balaban J connectivity index is 2.79. The highest BCUT2D eigenvalue weighted by Crippen LogP contribution is 2.20. The highest BCUT2D eigenvalue weighted by Gasteiger charge is 2.25. The summed E-state index contributed by atoms with van der Waals surface area (Å²) in [5.74, 6) is -0.823. The number of ether oxygens (including phenoxy) is 1. The van der Waals surface area contributed by atoms with Crippen molar-refractivity contribution in [2.45, 2.75) is 6.10 Å². The van der Waals surface area contributed by atoms with E-state index in [2.05, 4.69) is 11.6 Å². The number of carbonyl (C=O) groups is 1. The second kappa shape index (κ2) is 4.11. The lowest BCUT2D eigenvalue weighted by molar-refractivity contribution is 0.0519. The molecule has 7 nitrogen and oxygen atoms in total. The third-order valence-corrected chi connectivity index (χ3v) is 2.38. The van der Waals surface area contributed by atoms with Crippen molar-refractivity contribution < 1.29 is 19.7 Å². The molecule has 7 heteroatoms. The van der Waals surface area contributed by atoms with E-state index in [9.17, 15) is 19.8 Å². The summed E-state index contributed by atoms with van der Waals surface area (Å²) in [6.07, 6.45) is -0.903. The lowest BCUT2D eigenvalue weighted by Crippen LogP contribution is -2.26. The lowest BCUT2D eigenvalue weighted by atomic mass is 10.3. The van der Waals surface area contributed by atoms with Gasteiger partial charge in [0.15, 0.2) is 12.0 Å². The van der Waals surface area contributed by atoms with Crippen molar-refractivity contribution in [3.63, 3.8) is 0 Å². The molecule has 0 saturated heterocycles. The van der Waals surface area contributed by atoms with Gasteiger partial charge in [0.1, 0.15) is 11.9 Å². The molecule has 1 aromatic heterocycles. The zero-order valence-electron chi connectivity index (χ0n) is 8.79. The second-order valence-electron chi connectivity index (χ2n) is 3.56. The Hall–Kier alpha value is -1.99. The van der Waals surface area contributed by atoms with Crippen LogP contribution in [0.3, 0.4) is 0 Å². The number of hydrogen-bond donors (Lipinski definition) is 2. The van der Waals surface area contributed by atoms with E-state index in [0.29, 0.717) is 0 Å². The van der Waals surface area contributed by atoms with Crippen molar-refractivity contribution in [3.05, 3.63) is 28.5 Å². The third kappa shape index (κ3) is 1.75. The summed E-state index contributed by atoms with van der Waals surface area (Å²) >= 11 is 0. The molecule has 17 heavy (non-hydrogen) atoms. The molecule has 1 atom stereocenters. The van der Waals surface area contributed by atoms with Crippen LogP contribution in [0.5, 0.6) is 5.75 Å². The molecule has 2 N–H and O–H groups in total. The van der Waals surface area contributed by atoms with Gasteiger partial charge in [-0.05, 0) is 0 Å². The Morgan fingerprint density at radius 3 is 2.94 bits per heavy atom. The van der Waals surface area contributed by atoms with E-state index in [1.807, 2.05) is 0 Å². The summed E-state index contributed by atoms with van der Waals surface area (Å²) in [4.78, 5) is 26.2. The summed E-state index contributed by atoms with van der Waals surface area (Å²) in [5.41, 5.74) is -1.01. The maximum absolute atomic E-state index is 11.8. The predicted molar refractivity (Wildman–Crippen MR) is 56.7 cm³/mol. The molecule has 0 bridgehead atoms. The molecule has 0 saturated carbocycles. The van der Waals surface area contributed by atoms with Crippen LogP contribution in [0, 0.1) is 0 Å². The molecule has 1 aliphatic heterocycles. The van der Waals surface area contributed by atoms with Crippen molar-refractivity contribution in [2.24, 2.45) is 0 Å². The number of aromatic hydroxyl groups is 1. The van der Waals surface area contributed by atoms with Gasteiger partial charge in [0, 0.05) is 5.70 Å². The predicted octanol–water partition coefficient (Wildman–Crippen LogP) is -0.704. The first kappa shape index (κ1) is 11.5. The summed E-state index contributed by atoms with van der Waals surface area (Å²) < 4.78 is 6.01. The number of carbonyl (C=O) groups excluding carboxylic acids is 1. The third-order valence-electron chi connectivity index (χ3n) is 2.38. The molecule has 0 radical (unpaired) electrons. The van der Waals surface area contributed by atoms with E-state index in [1.165, 1.54) is 0 Å². The molecule has 0 amide bonds. The Morgan fingerprint density at radius 2 is 2.29 bits per heavy atom. The summed E-state index contributed by atoms with van der Waals surface area (Å²) in [5, 5.41) is 19.2. The standard InChI is InChI=1S/C10H10N2O5/c1-5-3-17-4-7(14)9-11-6(2-13)8(15)10(16)12(5)9/h2,7,14-15H,1,3-4H2. The van der Waals surface area contributed by atoms with Crippen LogP contribution in [0.4, 0.5) is 0 Å². The van der Waals surface area contributed by atoms with Crippen molar-refractivity contribution in [1.29, 1.82) is 0 Å². The molecular weight excluding hydrogens is 228 g/mol. The van der Waals surface area contributed by atoms with E-state index in [4.69, 9.17) is 4.74 Å². The van der Waals surface area contributed by atoms with Gasteiger partial charge >= 0.3 is 5.56 Å². The number of aldehydes is 1. The van der Waals surface area contributed by atoms with E-state index in [0.717, 1.165) is 4.57 Å².